The SMILES string of the molecule is CC1=N[C@@](C)(c2ccccc2)N(O)C1(C)C. The first kappa shape index (κ1) is 11.3. The van der Waals surface area contributed by atoms with Gasteiger partial charge in [0.25, 0.3) is 0 Å². The van der Waals surface area contributed by atoms with Crippen LogP contribution in [-0.2, 0) is 5.66 Å². The van der Waals surface area contributed by atoms with Crippen molar-refractivity contribution in [3.05, 3.63) is 35.9 Å². The number of hydrogen-bond donors (Lipinski definition) is 1. The van der Waals surface area contributed by atoms with Crippen LogP contribution in [0.15, 0.2) is 35.3 Å². The summed E-state index contributed by atoms with van der Waals surface area (Å²) in [6, 6.07) is 9.86. The van der Waals surface area contributed by atoms with Crippen molar-refractivity contribution in [2.45, 2.75) is 38.9 Å². The molecule has 3 nitrogen and oxygen atoms in total. The van der Waals surface area contributed by atoms with Gasteiger partial charge in [0.1, 0.15) is 0 Å². The molecule has 86 valence electrons. The van der Waals surface area contributed by atoms with Crippen LogP contribution in [0.4, 0.5) is 0 Å². The normalized spacial score (nSPS) is 29.2. The molecule has 1 aromatic rings. The van der Waals surface area contributed by atoms with Crippen LogP contribution in [0, 0.1) is 0 Å². The van der Waals surface area contributed by atoms with Gasteiger partial charge in [-0.25, -0.2) is 0 Å². The van der Waals surface area contributed by atoms with Crippen molar-refractivity contribution in [1.82, 2.24) is 5.06 Å². The lowest BCUT2D eigenvalue weighted by atomic mass is 9.97. The van der Waals surface area contributed by atoms with E-state index >= 15 is 0 Å². The smallest absolute Gasteiger partial charge is 0.158 e. The minimum absolute atomic E-state index is 0.412. The van der Waals surface area contributed by atoms with E-state index in [1.807, 2.05) is 58.0 Å². The molecule has 1 aliphatic rings. The van der Waals surface area contributed by atoms with Gasteiger partial charge in [-0.1, -0.05) is 30.3 Å². The highest BCUT2D eigenvalue weighted by Crippen LogP contribution is 2.40. The van der Waals surface area contributed by atoms with Gasteiger partial charge in [-0.15, -0.1) is 5.06 Å². The highest BCUT2D eigenvalue weighted by atomic mass is 16.5. The Balaban J connectivity index is 2.50. The maximum Gasteiger partial charge on any atom is 0.158 e. The molecule has 16 heavy (non-hydrogen) atoms. The Bertz CT molecular complexity index is 425. The summed E-state index contributed by atoms with van der Waals surface area (Å²) in [6.07, 6.45) is 0. The van der Waals surface area contributed by atoms with Crippen molar-refractivity contribution in [1.29, 1.82) is 0 Å². The van der Waals surface area contributed by atoms with Gasteiger partial charge >= 0.3 is 0 Å². The van der Waals surface area contributed by atoms with Crippen LogP contribution in [0.1, 0.15) is 33.3 Å². The predicted molar refractivity (Wildman–Crippen MR) is 64.6 cm³/mol. The second-order valence-electron chi connectivity index (χ2n) is 4.95. The largest absolute Gasteiger partial charge is 0.310 e. The van der Waals surface area contributed by atoms with E-state index in [0.29, 0.717) is 0 Å². The van der Waals surface area contributed by atoms with Crippen molar-refractivity contribution >= 4 is 5.71 Å². The van der Waals surface area contributed by atoms with E-state index < -0.39 is 11.2 Å². The molecule has 0 aliphatic carbocycles. The molecule has 1 heterocycles. The third-order valence-corrected chi connectivity index (χ3v) is 3.53. The van der Waals surface area contributed by atoms with E-state index in [-0.39, 0.29) is 0 Å². The van der Waals surface area contributed by atoms with E-state index in [9.17, 15) is 5.21 Å². The Morgan fingerprint density at radius 3 is 2.12 bits per heavy atom. The fourth-order valence-electron chi connectivity index (χ4n) is 2.15. The second kappa shape index (κ2) is 3.40. The zero-order valence-corrected chi connectivity index (χ0v) is 10.2. The molecule has 0 amide bonds. The Morgan fingerprint density at radius 2 is 1.69 bits per heavy atom. The third-order valence-electron chi connectivity index (χ3n) is 3.53. The van der Waals surface area contributed by atoms with Crippen molar-refractivity contribution < 1.29 is 5.21 Å². The third kappa shape index (κ3) is 1.39. The molecule has 0 radical (unpaired) electrons. The Labute approximate surface area is 96.4 Å². The number of hydroxylamine groups is 2. The fraction of sp³-hybridized carbons (Fsp3) is 0.462. The maximum atomic E-state index is 10.3. The molecule has 0 aromatic heterocycles. The molecular formula is C13H18N2O. The lowest BCUT2D eigenvalue weighted by Gasteiger charge is -2.36. The number of rotatable bonds is 1. The summed E-state index contributed by atoms with van der Waals surface area (Å²) in [5.41, 5.74) is 0.864. The average molecular weight is 218 g/mol. The van der Waals surface area contributed by atoms with E-state index in [4.69, 9.17) is 0 Å². The number of aliphatic imine (C=N–C) groups is 1. The molecule has 0 saturated carbocycles. The number of hydrogen-bond acceptors (Lipinski definition) is 3. The summed E-state index contributed by atoms with van der Waals surface area (Å²) in [4.78, 5) is 4.62. The minimum Gasteiger partial charge on any atom is -0.310 e. The molecule has 0 bridgehead atoms. The van der Waals surface area contributed by atoms with Gasteiger partial charge in [0.15, 0.2) is 5.66 Å². The highest BCUT2D eigenvalue weighted by molar-refractivity contribution is 5.92. The van der Waals surface area contributed by atoms with Crippen LogP contribution >= 0.6 is 0 Å². The highest BCUT2D eigenvalue weighted by Gasteiger charge is 2.48. The summed E-state index contributed by atoms with van der Waals surface area (Å²) < 4.78 is 0. The van der Waals surface area contributed by atoms with Crippen LogP contribution in [0.5, 0.6) is 0 Å². The lowest BCUT2D eigenvalue weighted by molar-refractivity contribution is -0.198. The van der Waals surface area contributed by atoms with Gasteiger partial charge in [-0.05, 0) is 33.3 Å². The van der Waals surface area contributed by atoms with Gasteiger partial charge in [-0.3, -0.25) is 4.99 Å². The molecular weight excluding hydrogens is 200 g/mol. The molecule has 2 rings (SSSR count). The first-order valence-electron chi connectivity index (χ1n) is 5.51. The van der Waals surface area contributed by atoms with Crippen molar-refractivity contribution in [2.75, 3.05) is 0 Å². The first-order chi connectivity index (χ1) is 7.39. The van der Waals surface area contributed by atoms with Gasteiger partial charge in [-0.2, -0.15) is 0 Å². The molecule has 0 spiro atoms. The quantitative estimate of drug-likeness (QED) is 0.786. The molecule has 1 aromatic carbocycles. The van der Waals surface area contributed by atoms with Crippen molar-refractivity contribution in [3.8, 4) is 0 Å². The molecule has 1 atom stereocenters. The Kier molecular flexibility index (Phi) is 2.40. The van der Waals surface area contributed by atoms with Crippen LogP contribution in [0.3, 0.4) is 0 Å². The van der Waals surface area contributed by atoms with Crippen LogP contribution in [0.25, 0.3) is 0 Å². The van der Waals surface area contributed by atoms with Gasteiger partial charge in [0, 0.05) is 5.71 Å². The zero-order valence-electron chi connectivity index (χ0n) is 10.2. The summed E-state index contributed by atoms with van der Waals surface area (Å²) >= 11 is 0. The van der Waals surface area contributed by atoms with Crippen LogP contribution in [-0.4, -0.2) is 21.5 Å². The summed E-state index contributed by atoms with van der Waals surface area (Å²) in [7, 11) is 0. The molecule has 1 N–H and O–H groups in total. The summed E-state index contributed by atoms with van der Waals surface area (Å²) in [5.74, 6) is 0. The topological polar surface area (TPSA) is 35.8 Å². The Hall–Kier alpha value is -1.19. The molecule has 0 fully saturated rings. The lowest BCUT2D eigenvalue weighted by Crippen LogP contribution is -2.49. The standard InChI is InChI=1S/C13H18N2O/c1-10-12(2,3)15(16)13(4,14-10)11-8-6-5-7-9-11/h5-9,16H,1-4H3/t13-/m1/s1. The van der Waals surface area contributed by atoms with Gasteiger partial charge in [0.2, 0.25) is 0 Å². The van der Waals surface area contributed by atoms with Gasteiger partial charge < -0.3 is 5.21 Å². The zero-order chi connectivity index (χ0) is 12.0. The predicted octanol–water partition coefficient (Wildman–Crippen LogP) is 2.80. The summed E-state index contributed by atoms with van der Waals surface area (Å²) in [6.45, 7) is 7.83. The molecule has 1 aliphatic heterocycles. The van der Waals surface area contributed by atoms with Crippen molar-refractivity contribution in [2.24, 2.45) is 4.99 Å². The minimum atomic E-state index is -0.672. The van der Waals surface area contributed by atoms with E-state index in [2.05, 4.69) is 4.99 Å². The number of benzene rings is 1. The van der Waals surface area contributed by atoms with E-state index in [1.54, 1.807) is 0 Å². The fourth-order valence-corrected chi connectivity index (χ4v) is 2.15. The van der Waals surface area contributed by atoms with E-state index in [0.717, 1.165) is 11.3 Å². The molecule has 0 unspecified atom stereocenters. The molecule has 0 saturated heterocycles. The van der Waals surface area contributed by atoms with E-state index in [1.165, 1.54) is 5.06 Å². The monoisotopic (exact) mass is 218 g/mol. The maximum absolute atomic E-state index is 10.3. The first-order valence-corrected chi connectivity index (χ1v) is 5.51. The number of nitrogens with zero attached hydrogens (tertiary/aromatic N) is 2. The molecule has 3 heteroatoms. The van der Waals surface area contributed by atoms with Crippen molar-refractivity contribution in [3.63, 3.8) is 0 Å². The van der Waals surface area contributed by atoms with Crippen LogP contribution in [0.2, 0.25) is 0 Å². The summed E-state index contributed by atoms with van der Waals surface area (Å²) in [5, 5.41) is 11.7. The van der Waals surface area contributed by atoms with Crippen LogP contribution < -0.4 is 0 Å². The van der Waals surface area contributed by atoms with Gasteiger partial charge in [0.05, 0.1) is 5.54 Å². The second-order valence-corrected chi connectivity index (χ2v) is 4.95. The average Bonchev–Trinajstić information content (AvgIpc) is 2.42. The Morgan fingerprint density at radius 1 is 1.12 bits per heavy atom.